The van der Waals surface area contributed by atoms with E-state index in [2.05, 4.69) is 25.1 Å². The van der Waals surface area contributed by atoms with E-state index < -0.39 is 0 Å². The summed E-state index contributed by atoms with van der Waals surface area (Å²) in [6, 6.07) is 7.17. The predicted molar refractivity (Wildman–Crippen MR) is 68.9 cm³/mol. The third-order valence-electron chi connectivity index (χ3n) is 4.75. The number of benzene rings is 1. The number of aryl methyl sites for hydroxylation is 2. The molecule has 0 heterocycles. The van der Waals surface area contributed by atoms with Crippen LogP contribution in [0.3, 0.4) is 0 Å². The molecule has 2 aliphatic rings. The molecule has 0 unspecified atom stereocenters. The van der Waals surface area contributed by atoms with Crippen molar-refractivity contribution in [3.8, 4) is 0 Å². The summed E-state index contributed by atoms with van der Waals surface area (Å²) in [4.78, 5) is 0. The Kier molecular flexibility index (Phi) is 2.53. The molecule has 2 aliphatic carbocycles. The lowest BCUT2D eigenvalue weighted by Crippen LogP contribution is -2.33. The standard InChI is InChI=1S/C16H22/c1-13-7-8-14-6-5-11-16(15(14)12-13)9-3-2-4-10-16/h7-8,12H,2-6,9-11H2,1H3. The Labute approximate surface area is 99.1 Å². The van der Waals surface area contributed by atoms with Gasteiger partial charge in [-0.05, 0) is 55.6 Å². The van der Waals surface area contributed by atoms with Gasteiger partial charge in [0.2, 0.25) is 0 Å². The largest absolute Gasteiger partial charge is 0.0590 e. The van der Waals surface area contributed by atoms with Crippen LogP contribution in [0.2, 0.25) is 0 Å². The molecule has 1 spiro atoms. The van der Waals surface area contributed by atoms with Gasteiger partial charge in [-0.2, -0.15) is 0 Å². The van der Waals surface area contributed by atoms with E-state index in [9.17, 15) is 0 Å². The van der Waals surface area contributed by atoms with Crippen molar-refractivity contribution in [1.29, 1.82) is 0 Å². The second kappa shape index (κ2) is 3.91. The molecule has 0 amide bonds. The van der Waals surface area contributed by atoms with Gasteiger partial charge in [0.25, 0.3) is 0 Å². The zero-order valence-electron chi connectivity index (χ0n) is 10.4. The van der Waals surface area contributed by atoms with Crippen molar-refractivity contribution in [2.24, 2.45) is 0 Å². The van der Waals surface area contributed by atoms with Crippen molar-refractivity contribution in [3.05, 3.63) is 34.9 Å². The van der Waals surface area contributed by atoms with E-state index in [1.54, 1.807) is 11.1 Å². The van der Waals surface area contributed by atoms with Gasteiger partial charge in [-0.3, -0.25) is 0 Å². The Bertz CT molecular complexity index is 383. The fraction of sp³-hybridized carbons (Fsp3) is 0.625. The minimum atomic E-state index is 0.581. The van der Waals surface area contributed by atoms with Gasteiger partial charge >= 0.3 is 0 Å². The van der Waals surface area contributed by atoms with Gasteiger partial charge in [0.1, 0.15) is 0 Å². The first-order chi connectivity index (χ1) is 7.80. The lowest BCUT2D eigenvalue weighted by atomic mass is 9.62. The fourth-order valence-corrected chi connectivity index (χ4v) is 3.90. The van der Waals surface area contributed by atoms with E-state index in [1.807, 2.05) is 0 Å². The molecular formula is C16H22. The van der Waals surface area contributed by atoms with Crippen LogP contribution in [0.25, 0.3) is 0 Å². The molecule has 1 aromatic rings. The highest BCUT2D eigenvalue weighted by molar-refractivity contribution is 5.40. The van der Waals surface area contributed by atoms with Crippen molar-refractivity contribution >= 4 is 0 Å². The predicted octanol–water partition coefficient (Wildman–Crippen LogP) is 4.53. The molecule has 0 radical (unpaired) electrons. The molecule has 1 aromatic carbocycles. The highest BCUT2D eigenvalue weighted by atomic mass is 14.4. The van der Waals surface area contributed by atoms with E-state index >= 15 is 0 Å². The fourth-order valence-electron chi connectivity index (χ4n) is 3.90. The van der Waals surface area contributed by atoms with Gasteiger partial charge in [0.05, 0.1) is 0 Å². The van der Waals surface area contributed by atoms with E-state index in [4.69, 9.17) is 0 Å². The molecule has 0 aliphatic heterocycles. The first kappa shape index (κ1) is 10.4. The zero-order chi connectivity index (χ0) is 11.0. The van der Waals surface area contributed by atoms with Gasteiger partial charge in [-0.15, -0.1) is 0 Å². The Hall–Kier alpha value is -0.780. The lowest BCUT2D eigenvalue weighted by molar-refractivity contribution is 0.255. The summed E-state index contributed by atoms with van der Waals surface area (Å²) in [6.07, 6.45) is 11.4. The zero-order valence-corrected chi connectivity index (χ0v) is 10.4. The summed E-state index contributed by atoms with van der Waals surface area (Å²) >= 11 is 0. The molecule has 0 nitrogen and oxygen atoms in total. The van der Waals surface area contributed by atoms with Crippen LogP contribution in [0.1, 0.15) is 61.6 Å². The molecular weight excluding hydrogens is 192 g/mol. The second-order valence-corrected chi connectivity index (χ2v) is 5.86. The summed E-state index contributed by atoms with van der Waals surface area (Å²) in [5.41, 5.74) is 5.40. The van der Waals surface area contributed by atoms with E-state index in [-0.39, 0.29) is 0 Å². The van der Waals surface area contributed by atoms with Crippen molar-refractivity contribution in [3.63, 3.8) is 0 Å². The summed E-state index contributed by atoms with van der Waals surface area (Å²) < 4.78 is 0. The Morgan fingerprint density at radius 2 is 1.69 bits per heavy atom. The maximum Gasteiger partial charge on any atom is -0.00440 e. The molecule has 0 saturated heterocycles. The van der Waals surface area contributed by atoms with E-state index in [0.717, 1.165) is 0 Å². The molecule has 3 rings (SSSR count). The van der Waals surface area contributed by atoms with Gasteiger partial charge in [0.15, 0.2) is 0 Å². The highest BCUT2D eigenvalue weighted by Gasteiger charge is 2.37. The highest BCUT2D eigenvalue weighted by Crippen LogP contribution is 2.47. The first-order valence-corrected chi connectivity index (χ1v) is 6.90. The van der Waals surface area contributed by atoms with Crippen LogP contribution in [0, 0.1) is 6.92 Å². The van der Waals surface area contributed by atoms with Crippen molar-refractivity contribution in [2.45, 2.75) is 63.7 Å². The topological polar surface area (TPSA) is 0 Å². The smallest absolute Gasteiger partial charge is 0.00440 e. The normalized spacial score (nSPS) is 23.1. The van der Waals surface area contributed by atoms with Gasteiger partial charge < -0.3 is 0 Å². The molecule has 1 saturated carbocycles. The Morgan fingerprint density at radius 3 is 2.50 bits per heavy atom. The summed E-state index contributed by atoms with van der Waals surface area (Å²) in [5, 5.41) is 0. The van der Waals surface area contributed by atoms with Gasteiger partial charge in [-0.25, -0.2) is 0 Å². The van der Waals surface area contributed by atoms with Crippen molar-refractivity contribution < 1.29 is 0 Å². The second-order valence-electron chi connectivity index (χ2n) is 5.86. The minimum Gasteiger partial charge on any atom is -0.0590 e. The molecule has 1 fully saturated rings. The molecule has 0 N–H and O–H groups in total. The van der Waals surface area contributed by atoms with Crippen LogP contribution in [-0.4, -0.2) is 0 Å². The van der Waals surface area contributed by atoms with Crippen LogP contribution in [0.5, 0.6) is 0 Å². The van der Waals surface area contributed by atoms with Crippen LogP contribution in [0.4, 0.5) is 0 Å². The molecule has 86 valence electrons. The van der Waals surface area contributed by atoms with E-state index in [0.29, 0.717) is 5.41 Å². The minimum absolute atomic E-state index is 0.581. The van der Waals surface area contributed by atoms with Crippen molar-refractivity contribution in [2.75, 3.05) is 0 Å². The number of hydrogen-bond donors (Lipinski definition) is 0. The third kappa shape index (κ3) is 1.59. The van der Waals surface area contributed by atoms with Crippen molar-refractivity contribution in [1.82, 2.24) is 0 Å². The summed E-state index contributed by atoms with van der Waals surface area (Å²) in [5.74, 6) is 0. The maximum atomic E-state index is 2.49. The van der Waals surface area contributed by atoms with Crippen LogP contribution >= 0.6 is 0 Å². The molecule has 0 heteroatoms. The summed E-state index contributed by atoms with van der Waals surface area (Å²) in [6.45, 7) is 2.24. The molecule has 0 aromatic heterocycles. The SMILES string of the molecule is Cc1ccc2c(c1)C1(CCCCC1)CCC2. The monoisotopic (exact) mass is 214 g/mol. The quantitative estimate of drug-likeness (QED) is 0.595. The Morgan fingerprint density at radius 1 is 0.938 bits per heavy atom. The molecule has 16 heavy (non-hydrogen) atoms. The number of hydrogen-bond acceptors (Lipinski definition) is 0. The average molecular weight is 214 g/mol. The van der Waals surface area contributed by atoms with Crippen LogP contribution < -0.4 is 0 Å². The molecule has 0 atom stereocenters. The first-order valence-electron chi connectivity index (χ1n) is 6.90. The average Bonchev–Trinajstić information content (AvgIpc) is 2.32. The van der Waals surface area contributed by atoms with Gasteiger partial charge in [-0.1, -0.05) is 43.0 Å². The molecule has 0 bridgehead atoms. The summed E-state index contributed by atoms with van der Waals surface area (Å²) in [7, 11) is 0. The van der Waals surface area contributed by atoms with Crippen LogP contribution in [-0.2, 0) is 11.8 Å². The van der Waals surface area contributed by atoms with E-state index in [1.165, 1.54) is 56.9 Å². The maximum absolute atomic E-state index is 2.49. The lowest BCUT2D eigenvalue weighted by Gasteiger charge is -2.42. The van der Waals surface area contributed by atoms with Gasteiger partial charge in [0, 0.05) is 0 Å². The Balaban J connectivity index is 2.06. The third-order valence-corrected chi connectivity index (χ3v) is 4.75. The van der Waals surface area contributed by atoms with Crippen LogP contribution in [0.15, 0.2) is 18.2 Å². The number of fused-ring (bicyclic) bond motifs is 2. The number of rotatable bonds is 0.